The highest BCUT2D eigenvalue weighted by atomic mass is 16.5. The van der Waals surface area contributed by atoms with Gasteiger partial charge in [0.15, 0.2) is 6.29 Å². The van der Waals surface area contributed by atoms with Gasteiger partial charge in [0.2, 0.25) is 0 Å². The molecular formula is C13H17NO2. The van der Waals surface area contributed by atoms with Gasteiger partial charge in [0.25, 0.3) is 0 Å². The molecule has 1 aromatic rings. The molecule has 0 saturated heterocycles. The number of carbonyl (C=O) groups is 1. The molecule has 2 rings (SSSR count). The van der Waals surface area contributed by atoms with Crippen molar-refractivity contribution in [3.05, 3.63) is 23.5 Å². The molecule has 0 aromatic carbocycles. The first-order valence-electron chi connectivity index (χ1n) is 5.63. The van der Waals surface area contributed by atoms with E-state index in [-0.39, 0.29) is 5.41 Å². The van der Waals surface area contributed by atoms with Crippen molar-refractivity contribution in [2.75, 3.05) is 0 Å². The van der Waals surface area contributed by atoms with Crippen LogP contribution in [0.25, 0.3) is 0 Å². The van der Waals surface area contributed by atoms with Crippen molar-refractivity contribution in [3.8, 4) is 5.75 Å². The van der Waals surface area contributed by atoms with Crippen LogP contribution >= 0.6 is 0 Å². The largest absolute Gasteiger partial charge is 0.490 e. The number of pyridine rings is 1. The van der Waals surface area contributed by atoms with Gasteiger partial charge in [-0.25, -0.2) is 4.98 Å². The second kappa shape index (κ2) is 3.89. The fraction of sp³-hybridized carbons (Fsp3) is 0.538. The van der Waals surface area contributed by atoms with E-state index in [1.807, 2.05) is 6.07 Å². The van der Waals surface area contributed by atoms with Crippen molar-refractivity contribution in [1.82, 2.24) is 4.98 Å². The van der Waals surface area contributed by atoms with Crippen LogP contribution in [0.3, 0.4) is 0 Å². The van der Waals surface area contributed by atoms with E-state index < -0.39 is 0 Å². The van der Waals surface area contributed by atoms with Crippen LogP contribution in [0.2, 0.25) is 0 Å². The first-order chi connectivity index (χ1) is 7.49. The molecule has 3 heteroatoms. The fourth-order valence-electron chi connectivity index (χ4n) is 1.42. The summed E-state index contributed by atoms with van der Waals surface area (Å²) in [6.45, 7) is 6.22. The van der Waals surface area contributed by atoms with Crippen LogP contribution in [0.1, 0.15) is 49.8 Å². The van der Waals surface area contributed by atoms with E-state index in [1.54, 1.807) is 6.07 Å². The van der Waals surface area contributed by atoms with E-state index in [1.165, 1.54) is 0 Å². The van der Waals surface area contributed by atoms with Gasteiger partial charge in [0.05, 0.1) is 11.8 Å². The van der Waals surface area contributed by atoms with Gasteiger partial charge < -0.3 is 4.74 Å². The van der Waals surface area contributed by atoms with Crippen LogP contribution in [0.4, 0.5) is 0 Å². The van der Waals surface area contributed by atoms with Crippen molar-refractivity contribution in [2.45, 2.75) is 45.1 Å². The third kappa shape index (κ3) is 2.60. The highest BCUT2D eigenvalue weighted by molar-refractivity contribution is 5.72. The number of rotatable bonds is 3. The zero-order valence-electron chi connectivity index (χ0n) is 9.99. The van der Waals surface area contributed by atoms with Crippen molar-refractivity contribution in [3.63, 3.8) is 0 Å². The third-order valence-corrected chi connectivity index (χ3v) is 2.53. The smallest absolute Gasteiger partial charge is 0.168 e. The van der Waals surface area contributed by atoms with E-state index in [2.05, 4.69) is 25.8 Å². The van der Waals surface area contributed by atoms with Crippen LogP contribution < -0.4 is 4.74 Å². The maximum Gasteiger partial charge on any atom is 0.168 e. The number of hydrogen-bond acceptors (Lipinski definition) is 3. The second-order valence-electron chi connectivity index (χ2n) is 5.30. The molecule has 1 heterocycles. The van der Waals surface area contributed by atoms with Crippen molar-refractivity contribution < 1.29 is 9.53 Å². The third-order valence-electron chi connectivity index (χ3n) is 2.53. The van der Waals surface area contributed by atoms with Crippen molar-refractivity contribution in [2.24, 2.45) is 0 Å². The molecule has 1 aromatic heterocycles. The number of ether oxygens (including phenoxy) is 1. The van der Waals surface area contributed by atoms with Crippen LogP contribution in [-0.2, 0) is 5.41 Å². The van der Waals surface area contributed by atoms with E-state index in [9.17, 15) is 4.79 Å². The first-order valence-corrected chi connectivity index (χ1v) is 5.63. The Morgan fingerprint density at radius 3 is 2.56 bits per heavy atom. The van der Waals surface area contributed by atoms with Gasteiger partial charge in [-0.05, 0) is 12.8 Å². The van der Waals surface area contributed by atoms with Crippen LogP contribution in [0.15, 0.2) is 12.1 Å². The lowest BCUT2D eigenvalue weighted by Crippen LogP contribution is -2.15. The summed E-state index contributed by atoms with van der Waals surface area (Å²) in [6.07, 6.45) is 3.34. The minimum atomic E-state index is -0.0688. The molecular weight excluding hydrogens is 202 g/mol. The van der Waals surface area contributed by atoms with E-state index in [4.69, 9.17) is 4.74 Å². The Morgan fingerprint density at radius 2 is 2.06 bits per heavy atom. The monoisotopic (exact) mass is 219 g/mol. The Hall–Kier alpha value is -1.38. The number of aldehydes is 1. The molecule has 16 heavy (non-hydrogen) atoms. The summed E-state index contributed by atoms with van der Waals surface area (Å²) < 4.78 is 5.70. The van der Waals surface area contributed by atoms with Gasteiger partial charge in [-0.2, -0.15) is 0 Å². The Bertz CT molecular complexity index is 403. The van der Waals surface area contributed by atoms with Crippen LogP contribution in [-0.4, -0.2) is 17.4 Å². The predicted octanol–water partition coefficient (Wildman–Crippen LogP) is 2.73. The number of hydrogen-bond donors (Lipinski definition) is 0. The molecule has 3 nitrogen and oxygen atoms in total. The molecule has 0 N–H and O–H groups in total. The first kappa shape index (κ1) is 11.1. The molecule has 0 amide bonds. The number of carbonyl (C=O) groups excluding carboxylic acids is 1. The zero-order chi connectivity index (χ0) is 11.8. The summed E-state index contributed by atoms with van der Waals surface area (Å²) in [5.41, 5.74) is 1.27. The Kier molecular flexibility index (Phi) is 2.70. The highest BCUT2D eigenvalue weighted by Crippen LogP contribution is 2.30. The van der Waals surface area contributed by atoms with E-state index in [0.717, 1.165) is 30.6 Å². The lowest BCUT2D eigenvalue weighted by atomic mass is 9.91. The van der Waals surface area contributed by atoms with Gasteiger partial charge in [-0.15, -0.1) is 0 Å². The summed E-state index contributed by atoms with van der Waals surface area (Å²) >= 11 is 0. The van der Waals surface area contributed by atoms with Gasteiger partial charge in [0, 0.05) is 17.5 Å². The zero-order valence-corrected chi connectivity index (χ0v) is 9.99. The van der Waals surface area contributed by atoms with Gasteiger partial charge >= 0.3 is 0 Å². The summed E-state index contributed by atoms with van der Waals surface area (Å²) in [5, 5.41) is 0. The minimum Gasteiger partial charge on any atom is -0.490 e. The Morgan fingerprint density at radius 1 is 1.38 bits per heavy atom. The van der Waals surface area contributed by atoms with Crippen LogP contribution in [0.5, 0.6) is 5.75 Å². The fourth-order valence-corrected chi connectivity index (χ4v) is 1.42. The molecule has 1 aliphatic rings. The van der Waals surface area contributed by atoms with Gasteiger partial charge in [-0.1, -0.05) is 20.8 Å². The molecule has 0 spiro atoms. The number of aromatic nitrogens is 1. The Labute approximate surface area is 95.8 Å². The summed E-state index contributed by atoms with van der Waals surface area (Å²) in [6, 6.07) is 3.64. The lowest BCUT2D eigenvalue weighted by molar-refractivity contribution is 0.111. The molecule has 0 atom stereocenters. The topological polar surface area (TPSA) is 39.2 Å². The van der Waals surface area contributed by atoms with Gasteiger partial charge in [-0.3, -0.25) is 4.79 Å². The summed E-state index contributed by atoms with van der Waals surface area (Å²) in [7, 11) is 0. The molecule has 1 saturated carbocycles. The normalized spacial score (nSPS) is 15.9. The SMILES string of the molecule is CC(C)(C)c1cc(OC2CC2)cc(C=O)n1. The minimum absolute atomic E-state index is 0.0688. The molecule has 0 aliphatic heterocycles. The average molecular weight is 219 g/mol. The average Bonchev–Trinajstić information content (AvgIpc) is 3.00. The van der Waals surface area contributed by atoms with Gasteiger partial charge in [0.1, 0.15) is 11.4 Å². The van der Waals surface area contributed by atoms with Crippen molar-refractivity contribution >= 4 is 6.29 Å². The second-order valence-corrected chi connectivity index (χ2v) is 5.30. The highest BCUT2D eigenvalue weighted by Gasteiger charge is 2.25. The molecule has 1 aliphatic carbocycles. The van der Waals surface area contributed by atoms with E-state index in [0.29, 0.717) is 11.8 Å². The van der Waals surface area contributed by atoms with Crippen LogP contribution in [0, 0.1) is 0 Å². The maximum absolute atomic E-state index is 10.8. The number of nitrogens with zero attached hydrogens (tertiary/aromatic N) is 1. The quantitative estimate of drug-likeness (QED) is 0.734. The predicted molar refractivity (Wildman–Crippen MR) is 62.0 cm³/mol. The molecule has 0 unspecified atom stereocenters. The lowest BCUT2D eigenvalue weighted by Gasteiger charge is -2.19. The van der Waals surface area contributed by atoms with E-state index >= 15 is 0 Å². The molecule has 1 fully saturated rings. The molecule has 0 bridgehead atoms. The Balaban J connectivity index is 2.33. The summed E-state index contributed by atoms with van der Waals surface area (Å²) in [4.78, 5) is 15.1. The summed E-state index contributed by atoms with van der Waals surface area (Å²) in [5.74, 6) is 0.768. The standard InChI is InChI=1S/C13H17NO2/c1-13(2,3)12-7-11(16-10-4-5-10)6-9(8-15)14-12/h6-8,10H,4-5H2,1-3H3. The maximum atomic E-state index is 10.8. The van der Waals surface area contributed by atoms with Crippen molar-refractivity contribution in [1.29, 1.82) is 0 Å². The molecule has 86 valence electrons. The molecule has 0 radical (unpaired) electrons.